The molecule has 0 aliphatic heterocycles. The number of nitrogens with zero attached hydrogens (tertiary/aromatic N) is 1. The number of nitrogens with two attached hydrogens (primary N) is 1. The molecular weight excluding hydrogens is 462 g/mol. The van der Waals surface area contributed by atoms with Crippen LogP contribution in [0.2, 0.25) is 0 Å². The fourth-order valence-electron chi connectivity index (χ4n) is 4.10. The fourth-order valence-corrected chi connectivity index (χ4v) is 5.58. The van der Waals surface area contributed by atoms with Gasteiger partial charge in [-0.1, -0.05) is 19.1 Å². The van der Waals surface area contributed by atoms with Crippen LogP contribution in [0.1, 0.15) is 38.6 Å². The molecule has 0 bridgehead atoms. The largest absolute Gasteiger partial charge is 0.478 e. The van der Waals surface area contributed by atoms with Crippen molar-refractivity contribution < 1.29 is 21.6 Å². The Hall–Kier alpha value is -2.72. The van der Waals surface area contributed by atoms with E-state index in [1.165, 1.54) is 0 Å². The lowest BCUT2D eigenvalue weighted by Gasteiger charge is -2.30. The Bertz CT molecular complexity index is 1370. The molecule has 0 unspecified atom stereocenters. The number of anilines is 2. The van der Waals surface area contributed by atoms with Crippen molar-refractivity contribution in [3.63, 3.8) is 0 Å². The van der Waals surface area contributed by atoms with Gasteiger partial charge in [0, 0.05) is 35.0 Å². The van der Waals surface area contributed by atoms with Crippen LogP contribution in [-0.4, -0.2) is 39.4 Å². The third-order valence-corrected chi connectivity index (χ3v) is 7.84. The second-order valence-corrected chi connectivity index (χ2v) is 12.5. The standard InChI is InChI=1S/C23H29N3O5S2/c1-3-13-33(29,30)25-17-9-7-16(8-10-17)23-22(24)20-12-11-19(31-15-32(2,27)28)14-21(20)26(23)18-5-4-6-18/h7-12,14,18,25H,3-6,13,15,24H2,1-2H3. The van der Waals surface area contributed by atoms with Crippen LogP contribution in [0.3, 0.4) is 0 Å². The normalized spacial score (nSPS) is 14.8. The Kier molecular flexibility index (Phi) is 6.32. The molecule has 178 valence electrons. The smallest absolute Gasteiger partial charge is 0.232 e. The summed E-state index contributed by atoms with van der Waals surface area (Å²) in [6, 6.07) is 12.9. The average Bonchev–Trinajstić information content (AvgIpc) is 2.97. The first-order chi connectivity index (χ1) is 15.6. The number of sulfonamides is 1. The molecule has 4 rings (SSSR count). The second-order valence-electron chi connectivity index (χ2n) is 8.58. The summed E-state index contributed by atoms with van der Waals surface area (Å²) in [4.78, 5) is 0. The third-order valence-electron chi connectivity index (χ3n) is 5.80. The van der Waals surface area contributed by atoms with Crippen molar-refractivity contribution in [1.29, 1.82) is 0 Å². The summed E-state index contributed by atoms with van der Waals surface area (Å²) in [5.41, 5.74) is 10.4. The molecule has 3 aromatic rings. The van der Waals surface area contributed by atoms with Gasteiger partial charge < -0.3 is 15.0 Å². The number of ether oxygens (including phenoxy) is 1. The van der Waals surface area contributed by atoms with Crippen molar-refractivity contribution >= 4 is 42.1 Å². The first-order valence-electron chi connectivity index (χ1n) is 10.9. The highest BCUT2D eigenvalue weighted by Crippen LogP contribution is 2.45. The van der Waals surface area contributed by atoms with Crippen LogP contribution in [0.4, 0.5) is 11.4 Å². The van der Waals surface area contributed by atoms with E-state index in [1.54, 1.807) is 18.2 Å². The molecule has 0 spiro atoms. The molecule has 10 heteroatoms. The van der Waals surface area contributed by atoms with E-state index in [0.29, 0.717) is 23.5 Å². The van der Waals surface area contributed by atoms with E-state index >= 15 is 0 Å². The molecule has 0 saturated heterocycles. The number of sulfone groups is 1. The van der Waals surface area contributed by atoms with Gasteiger partial charge in [0.05, 0.1) is 22.7 Å². The van der Waals surface area contributed by atoms with Crippen molar-refractivity contribution in [2.75, 3.05) is 28.4 Å². The van der Waals surface area contributed by atoms with E-state index < -0.39 is 19.9 Å². The third kappa shape index (κ3) is 5.11. The highest BCUT2D eigenvalue weighted by molar-refractivity contribution is 7.92. The van der Waals surface area contributed by atoms with Crippen molar-refractivity contribution in [1.82, 2.24) is 4.57 Å². The van der Waals surface area contributed by atoms with Gasteiger partial charge in [-0.05, 0) is 49.9 Å². The molecule has 1 saturated carbocycles. The van der Waals surface area contributed by atoms with Crippen LogP contribution in [-0.2, 0) is 19.9 Å². The molecule has 8 nitrogen and oxygen atoms in total. The number of fused-ring (bicyclic) bond motifs is 1. The van der Waals surface area contributed by atoms with E-state index in [1.807, 2.05) is 31.2 Å². The Labute approximate surface area is 194 Å². The minimum Gasteiger partial charge on any atom is -0.478 e. The highest BCUT2D eigenvalue weighted by Gasteiger charge is 2.27. The zero-order chi connectivity index (χ0) is 23.8. The molecule has 3 N–H and O–H groups in total. The lowest BCUT2D eigenvalue weighted by atomic mass is 9.92. The fraction of sp³-hybridized carbons (Fsp3) is 0.391. The number of nitrogen functional groups attached to an aromatic ring is 1. The van der Waals surface area contributed by atoms with E-state index in [4.69, 9.17) is 10.5 Å². The van der Waals surface area contributed by atoms with Crippen LogP contribution in [0.5, 0.6) is 5.75 Å². The minimum absolute atomic E-state index is 0.0708. The molecule has 1 fully saturated rings. The van der Waals surface area contributed by atoms with Gasteiger partial charge in [0.25, 0.3) is 0 Å². The molecule has 1 heterocycles. The average molecular weight is 492 g/mol. The Morgan fingerprint density at radius 3 is 2.36 bits per heavy atom. The summed E-state index contributed by atoms with van der Waals surface area (Å²) < 4.78 is 57.5. The zero-order valence-corrected chi connectivity index (χ0v) is 20.4. The van der Waals surface area contributed by atoms with Crippen molar-refractivity contribution in [3.05, 3.63) is 42.5 Å². The van der Waals surface area contributed by atoms with Gasteiger partial charge in [0.1, 0.15) is 5.75 Å². The number of aromatic nitrogens is 1. The molecule has 33 heavy (non-hydrogen) atoms. The van der Waals surface area contributed by atoms with E-state index in [2.05, 4.69) is 9.29 Å². The quantitative estimate of drug-likeness (QED) is 0.464. The molecule has 1 aliphatic rings. The summed E-state index contributed by atoms with van der Waals surface area (Å²) in [6.07, 6.45) is 4.86. The summed E-state index contributed by atoms with van der Waals surface area (Å²) in [5.74, 6) is 0.153. The van der Waals surface area contributed by atoms with Gasteiger partial charge in [-0.2, -0.15) is 0 Å². The van der Waals surface area contributed by atoms with E-state index in [-0.39, 0.29) is 17.7 Å². The maximum Gasteiger partial charge on any atom is 0.232 e. The summed E-state index contributed by atoms with van der Waals surface area (Å²) >= 11 is 0. The van der Waals surface area contributed by atoms with Crippen LogP contribution >= 0.6 is 0 Å². The van der Waals surface area contributed by atoms with Gasteiger partial charge in [0.15, 0.2) is 15.8 Å². The van der Waals surface area contributed by atoms with Crippen molar-refractivity contribution in [3.8, 4) is 17.0 Å². The Balaban J connectivity index is 1.74. The zero-order valence-electron chi connectivity index (χ0n) is 18.7. The predicted molar refractivity (Wildman–Crippen MR) is 133 cm³/mol. The van der Waals surface area contributed by atoms with Crippen molar-refractivity contribution in [2.24, 2.45) is 0 Å². The number of rotatable bonds is 9. The topological polar surface area (TPSA) is 120 Å². The van der Waals surface area contributed by atoms with Gasteiger partial charge in [-0.3, -0.25) is 4.72 Å². The first kappa shape index (κ1) is 23.4. The molecule has 0 atom stereocenters. The van der Waals surface area contributed by atoms with Gasteiger partial charge in [-0.15, -0.1) is 0 Å². The maximum atomic E-state index is 12.1. The Morgan fingerprint density at radius 1 is 1.09 bits per heavy atom. The van der Waals surface area contributed by atoms with E-state index in [9.17, 15) is 16.8 Å². The molecule has 0 amide bonds. The van der Waals surface area contributed by atoms with E-state index in [0.717, 1.165) is 47.7 Å². The van der Waals surface area contributed by atoms with Gasteiger partial charge in [0.2, 0.25) is 10.0 Å². The lowest BCUT2D eigenvalue weighted by molar-refractivity contribution is 0.324. The molecule has 2 aromatic carbocycles. The molecular formula is C23H29N3O5S2. The lowest BCUT2D eigenvalue weighted by Crippen LogP contribution is -2.18. The predicted octanol–water partition coefficient (Wildman–Crippen LogP) is 4.15. The first-order valence-corrected chi connectivity index (χ1v) is 14.6. The SMILES string of the molecule is CCCS(=O)(=O)Nc1ccc(-c2c(N)c3ccc(OCS(C)(=O)=O)cc3n2C2CCC2)cc1. The number of benzene rings is 2. The number of nitrogens with one attached hydrogen (secondary N) is 1. The molecule has 1 aliphatic carbocycles. The van der Waals surface area contributed by atoms with Crippen LogP contribution in [0.15, 0.2) is 42.5 Å². The van der Waals surface area contributed by atoms with Crippen LogP contribution in [0.25, 0.3) is 22.2 Å². The van der Waals surface area contributed by atoms with Crippen molar-refractivity contribution in [2.45, 2.75) is 38.6 Å². The monoisotopic (exact) mass is 491 g/mol. The minimum atomic E-state index is -3.36. The Morgan fingerprint density at radius 2 is 1.79 bits per heavy atom. The molecule has 0 radical (unpaired) electrons. The maximum absolute atomic E-state index is 12.1. The number of hydrogen-bond acceptors (Lipinski definition) is 6. The summed E-state index contributed by atoms with van der Waals surface area (Å²) in [6.45, 7) is 1.82. The number of hydrogen-bond donors (Lipinski definition) is 2. The summed E-state index contributed by atoms with van der Waals surface area (Å²) in [5, 5.41) is 0.872. The highest BCUT2D eigenvalue weighted by atomic mass is 32.2. The van der Waals surface area contributed by atoms with Gasteiger partial charge in [-0.25, -0.2) is 16.8 Å². The van der Waals surface area contributed by atoms with Crippen LogP contribution < -0.4 is 15.2 Å². The summed E-state index contributed by atoms with van der Waals surface area (Å²) in [7, 11) is -6.63. The van der Waals surface area contributed by atoms with Crippen LogP contribution in [0, 0.1) is 0 Å². The second kappa shape index (κ2) is 8.90. The molecule has 1 aromatic heterocycles. The van der Waals surface area contributed by atoms with Gasteiger partial charge >= 0.3 is 0 Å².